The molecule has 2 rings (SSSR count). The van der Waals surface area contributed by atoms with Crippen LogP contribution in [0.3, 0.4) is 0 Å². The summed E-state index contributed by atoms with van der Waals surface area (Å²) in [6.45, 7) is 4.82. The third-order valence-electron chi connectivity index (χ3n) is 3.30. The number of furan rings is 1. The van der Waals surface area contributed by atoms with Crippen LogP contribution in [0.2, 0.25) is 0 Å². The zero-order valence-electron chi connectivity index (χ0n) is 14.0. The van der Waals surface area contributed by atoms with Crippen molar-refractivity contribution in [2.24, 2.45) is 0 Å². The largest absolute Gasteiger partial charge is 0.445 e. The number of thioether (sulfide) groups is 1. The Morgan fingerprint density at radius 1 is 1.17 bits per heavy atom. The molecular weight excluding hydrogens is 326 g/mol. The molecule has 0 bridgehead atoms. The standard InChI is InChI=1S/C18H23NO4S/c1-3-21-9-10-22-13-15-6-4-5-14(11-15)12-19-18(20)16-7-8-17(23-16)24-2/h4-8,11H,3,9-10,12-13H2,1-2H3,(H,19,20). The Hall–Kier alpha value is -1.76. The topological polar surface area (TPSA) is 60.7 Å². The molecule has 0 spiro atoms. The Kier molecular flexibility index (Phi) is 7.88. The van der Waals surface area contributed by atoms with Gasteiger partial charge in [-0.15, -0.1) is 0 Å². The van der Waals surface area contributed by atoms with Crippen molar-refractivity contribution < 1.29 is 18.7 Å². The van der Waals surface area contributed by atoms with Crippen molar-refractivity contribution in [2.75, 3.05) is 26.1 Å². The van der Waals surface area contributed by atoms with E-state index in [9.17, 15) is 4.79 Å². The fourth-order valence-electron chi connectivity index (χ4n) is 2.10. The van der Waals surface area contributed by atoms with E-state index in [1.165, 1.54) is 11.8 Å². The number of hydrogen-bond donors (Lipinski definition) is 1. The molecule has 0 saturated carbocycles. The number of ether oxygens (including phenoxy) is 2. The van der Waals surface area contributed by atoms with E-state index in [-0.39, 0.29) is 5.91 Å². The van der Waals surface area contributed by atoms with Crippen LogP contribution >= 0.6 is 11.8 Å². The van der Waals surface area contributed by atoms with Gasteiger partial charge >= 0.3 is 0 Å². The fourth-order valence-corrected chi connectivity index (χ4v) is 2.48. The highest BCUT2D eigenvalue weighted by Gasteiger charge is 2.10. The van der Waals surface area contributed by atoms with Crippen LogP contribution < -0.4 is 5.32 Å². The van der Waals surface area contributed by atoms with Gasteiger partial charge in [0.15, 0.2) is 10.9 Å². The Bertz CT molecular complexity index is 641. The Morgan fingerprint density at radius 3 is 2.71 bits per heavy atom. The van der Waals surface area contributed by atoms with E-state index in [1.54, 1.807) is 12.1 Å². The van der Waals surface area contributed by atoms with Gasteiger partial charge in [0.25, 0.3) is 5.91 Å². The number of hydrogen-bond acceptors (Lipinski definition) is 5. The lowest BCUT2D eigenvalue weighted by Crippen LogP contribution is -2.22. The molecule has 1 aromatic carbocycles. The van der Waals surface area contributed by atoms with Gasteiger partial charge in [-0.2, -0.15) is 0 Å². The average Bonchev–Trinajstić information content (AvgIpc) is 3.09. The summed E-state index contributed by atoms with van der Waals surface area (Å²) in [4.78, 5) is 12.1. The van der Waals surface area contributed by atoms with Crippen LogP contribution in [0.1, 0.15) is 28.6 Å². The third kappa shape index (κ3) is 6.03. The Labute approximate surface area is 146 Å². The second kappa shape index (κ2) is 10.2. The van der Waals surface area contributed by atoms with E-state index in [4.69, 9.17) is 13.9 Å². The lowest BCUT2D eigenvalue weighted by atomic mass is 10.1. The first-order valence-corrected chi connectivity index (χ1v) is 9.10. The average molecular weight is 349 g/mol. The summed E-state index contributed by atoms with van der Waals surface area (Å²) >= 11 is 1.47. The number of nitrogens with one attached hydrogen (secondary N) is 1. The van der Waals surface area contributed by atoms with Crippen LogP contribution in [0.25, 0.3) is 0 Å². The maximum absolute atomic E-state index is 12.1. The van der Waals surface area contributed by atoms with Crippen molar-refractivity contribution in [3.05, 3.63) is 53.3 Å². The molecule has 1 heterocycles. The monoisotopic (exact) mass is 349 g/mol. The highest BCUT2D eigenvalue weighted by molar-refractivity contribution is 7.98. The summed E-state index contributed by atoms with van der Waals surface area (Å²) in [6, 6.07) is 11.4. The van der Waals surface area contributed by atoms with Crippen molar-refractivity contribution in [3.8, 4) is 0 Å². The van der Waals surface area contributed by atoms with E-state index in [0.717, 1.165) is 16.2 Å². The first kappa shape index (κ1) is 18.6. The summed E-state index contributed by atoms with van der Waals surface area (Å²) in [5.41, 5.74) is 2.09. The molecule has 1 aromatic heterocycles. The first-order chi connectivity index (χ1) is 11.7. The molecule has 0 radical (unpaired) electrons. The first-order valence-electron chi connectivity index (χ1n) is 7.88. The summed E-state index contributed by atoms with van der Waals surface area (Å²) in [5.74, 6) is 0.114. The molecule has 0 fully saturated rings. The van der Waals surface area contributed by atoms with Gasteiger partial charge < -0.3 is 19.2 Å². The quantitative estimate of drug-likeness (QED) is 0.526. The number of benzene rings is 1. The summed E-state index contributed by atoms with van der Waals surface area (Å²) in [6.07, 6.45) is 1.91. The van der Waals surface area contributed by atoms with Crippen LogP contribution in [0, 0.1) is 0 Å². The van der Waals surface area contributed by atoms with Crippen molar-refractivity contribution in [1.82, 2.24) is 5.32 Å². The molecule has 6 heteroatoms. The molecule has 2 aromatic rings. The van der Waals surface area contributed by atoms with Crippen LogP contribution in [-0.2, 0) is 22.6 Å². The van der Waals surface area contributed by atoms with Crippen LogP contribution in [-0.4, -0.2) is 32.0 Å². The van der Waals surface area contributed by atoms with E-state index in [0.29, 0.717) is 38.7 Å². The van der Waals surface area contributed by atoms with E-state index >= 15 is 0 Å². The smallest absolute Gasteiger partial charge is 0.287 e. The highest BCUT2D eigenvalue weighted by Crippen LogP contribution is 2.18. The minimum absolute atomic E-state index is 0.214. The molecule has 0 aliphatic rings. The summed E-state index contributed by atoms with van der Waals surface area (Å²) in [7, 11) is 0. The molecule has 24 heavy (non-hydrogen) atoms. The van der Waals surface area contributed by atoms with Gasteiger partial charge in [-0.25, -0.2) is 0 Å². The van der Waals surface area contributed by atoms with Crippen molar-refractivity contribution in [1.29, 1.82) is 0 Å². The molecule has 0 unspecified atom stereocenters. The number of rotatable bonds is 10. The normalized spacial score (nSPS) is 10.8. The van der Waals surface area contributed by atoms with Gasteiger partial charge in [-0.1, -0.05) is 36.0 Å². The van der Waals surface area contributed by atoms with Gasteiger partial charge in [-0.3, -0.25) is 4.79 Å². The molecule has 130 valence electrons. The van der Waals surface area contributed by atoms with E-state index in [1.807, 2.05) is 37.4 Å². The van der Waals surface area contributed by atoms with Crippen LogP contribution in [0.5, 0.6) is 0 Å². The van der Waals surface area contributed by atoms with Crippen LogP contribution in [0.15, 0.2) is 45.9 Å². The zero-order valence-corrected chi connectivity index (χ0v) is 14.9. The van der Waals surface area contributed by atoms with Crippen molar-refractivity contribution >= 4 is 17.7 Å². The van der Waals surface area contributed by atoms with Gasteiger partial charge in [0.1, 0.15) is 0 Å². The van der Waals surface area contributed by atoms with Crippen molar-refractivity contribution in [2.45, 2.75) is 25.2 Å². The predicted octanol–water partition coefficient (Wildman–Crippen LogP) is 3.48. The SMILES string of the molecule is CCOCCOCc1cccc(CNC(=O)c2ccc(SC)o2)c1. The Morgan fingerprint density at radius 2 is 1.96 bits per heavy atom. The predicted molar refractivity (Wildman–Crippen MR) is 94.3 cm³/mol. The molecule has 0 saturated heterocycles. The van der Waals surface area contributed by atoms with Gasteiger partial charge in [0.2, 0.25) is 0 Å². The summed E-state index contributed by atoms with van der Waals surface area (Å²) in [5, 5.41) is 3.59. The number of carbonyl (C=O) groups is 1. The third-order valence-corrected chi connectivity index (χ3v) is 3.92. The molecule has 1 amide bonds. The fraction of sp³-hybridized carbons (Fsp3) is 0.389. The Balaban J connectivity index is 1.79. The molecule has 0 aliphatic carbocycles. The van der Waals surface area contributed by atoms with Gasteiger partial charge in [0, 0.05) is 13.2 Å². The van der Waals surface area contributed by atoms with E-state index in [2.05, 4.69) is 5.32 Å². The molecule has 0 atom stereocenters. The lowest BCUT2D eigenvalue weighted by Gasteiger charge is -2.08. The lowest BCUT2D eigenvalue weighted by molar-refractivity contribution is 0.0453. The van der Waals surface area contributed by atoms with Gasteiger partial charge in [-0.05, 0) is 36.4 Å². The molecule has 0 aliphatic heterocycles. The number of carbonyl (C=O) groups excluding carboxylic acids is 1. The summed E-state index contributed by atoms with van der Waals surface area (Å²) < 4.78 is 16.2. The van der Waals surface area contributed by atoms with Crippen molar-refractivity contribution in [3.63, 3.8) is 0 Å². The zero-order chi connectivity index (χ0) is 17.2. The minimum atomic E-state index is -0.214. The maximum atomic E-state index is 12.1. The minimum Gasteiger partial charge on any atom is -0.445 e. The molecule has 1 N–H and O–H groups in total. The highest BCUT2D eigenvalue weighted by atomic mass is 32.2. The van der Waals surface area contributed by atoms with E-state index < -0.39 is 0 Å². The van der Waals surface area contributed by atoms with Crippen LogP contribution in [0.4, 0.5) is 0 Å². The second-order valence-corrected chi connectivity index (χ2v) is 5.89. The maximum Gasteiger partial charge on any atom is 0.287 e. The van der Waals surface area contributed by atoms with Gasteiger partial charge in [0.05, 0.1) is 19.8 Å². The second-order valence-electron chi connectivity index (χ2n) is 5.07. The molecular formula is C18H23NO4S. The number of amides is 1. The molecule has 5 nitrogen and oxygen atoms in total.